The van der Waals surface area contributed by atoms with Crippen molar-refractivity contribution in [1.29, 1.82) is 0 Å². The molecule has 0 unspecified atom stereocenters. The van der Waals surface area contributed by atoms with Gasteiger partial charge in [0.2, 0.25) is 0 Å². The van der Waals surface area contributed by atoms with Crippen molar-refractivity contribution in [2.45, 2.75) is 0 Å². The maximum atomic E-state index is 2.45. The van der Waals surface area contributed by atoms with Gasteiger partial charge in [-0.2, -0.15) is 0 Å². The normalized spacial score (nSPS) is 11.3. The molecular weight excluding hydrogens is 653 g/mol. The Labute approximate surface area is 315 Å². The Balaban J connectivity index is 1.20. The molecule has 0 amide bonds. The summed E-state index contributed by atoms with van der Waals surface area (Å²) in [5.74, 6) is 0. The quantitative estimate of drug-likeness (QED) is 0.162. The number of aromatic nitrogens is 1. The zero-order chi connectivity index (χ0) is 35.8. The van der Waals surface area contributed by atoms with E-state index in [0.29, 0.717) is 0 Å². The van der Waals surface area contributed by atoms with E-state index in [9.17, 15) is 0 Å². The zero-order valence-electron chi connectivity index (χ0n) is 29.7. The fraction of sp³-hybridized carbons (Fsp3) is 0. The molecule has 10 rings (SSSR count). The Bertz CT molecular complexity index is 2920. The van der Waals surface area contributed by atoms with Crippen LogP contribution in [0, 0.1) is 0 Å². The van der Waals surface area contributed by atoms with E-state index in [2.05, 4.69) is 228 Å². The summed E-state index contributed by atoms with van der Waals surface area (Å²) in [6.45, 7) is 0. The van der Waals surface area contributed by atoms with Crippen LogP contribution < -0.4 is 4.90 Å². The summed E-state index contributed by atoms with van der Waals surface area (Å²) >= 11 is 0. The molecule has 0 aliphatic carbocycles. The lowest BCUT2D eigenvalue weighted by atomic mass is 10.00. The molecule has 0 bridgehead atoms. The lowest BCUT2D eigenvalue weighted by Gasteiger charge is -2.29. The van der Waals surface area contributed by atoms with Crippen molar-refractivity contribution < 1.29 is 0 Å². The molecule has 0 fully saturated rings. The lowest BCUT2D eigenvalue weighted by molar-refractivity contribution is 1.18. The van der Waals surface area contributed by atoms with Crippen molar-refractivity contribution in [2.24, 2.45) is 0 Å². The van der Waals surface area contributed by atoms with Crippen molar-refractivity contribution in [3.63, 3.8) is 0 Å². The molecule has 10 aromatic rings. The van der Waals surface area contributed by atoms with Crippen molar-refractivity contribution in [1.82, 2.24) is 4.57 Å². The first-order valence-corrected chi connectivity index (χ1v) is 18.5. The van der Waals surface area contributed by atoms with E-state index >= 15 is 0 Å². The van der Waals surface area contributed by atoms with Crippen molar-refractivity contribution in [2.75, 3.05) is 4.90 Å². The SMILES string of the molecule is c1ccc(-c2ccc(N(c3ccccc3-c3ccccc3)c3cccc4c3c3ccccc3n4-c3cccc(-c4ccc5ccccc5c4)c3)cc2)cc1. The summed E-state index contributed by atoms with van der Waals surface area (Å²) in [4.78, 5) is 2.45. The minimum absolute atomic E-state index is 1.10. The molecule has 9 aromatic carbocycles. The molecule has 0 N–H and O–H groups in total. The minimum atomic E-state index is 1.10. The summed E-state index contributed by atoms with van der Waals surface area (Å²) < 4.78 is 2.43. The van der Waals surface area contributed by atoms with Crippen LogP contribution in [0.4, 0.5) is 17.1 Å². The third-order valence-electron chi connectivity index (χ3n) is 10.6. The molecule has 1 heterocycles. The van der Waals surface area contributed by atoms with Gasteiger partial charge in [-0.3, -0.25) is 0 Å². The average Bonchev–Trinajstić information content (AvgIpc) is 3.60. The Morgan fingerprint density at radius 1 is 0.333 bits per heavy atom. The van der Waals surface area contributed by atoms with Crippen LogP contribution in [0.3, 0.4) is 0 Å². The van der Waals surface area contributed by atoms with E-state index in [-0.39, 0.29) is 0 Å². The largest absolute Gasteiger partial charge is 0.309 e. The highest BCUT2D eigenvalue weighted by molar-refractivity contribution is 6.17. The molecule has 2 heteroatoms. The Kier molecular flexibility index (Phi) is 7.85. The van der Waals surface area contributed by atoms with Crippen LogP contribution in [0.1, 0.15) is 0 Å². The van der Waals surface area contributed by atoms with Gasteiger partial charge < -0.3 is 9.47 Å². The maximum Gasteiger partial charge on any atom is 0.0562 e. The molecule has 0 atom stereocenters. The third-order valence-corrected chi connectivity index (χ3v) is 10.6. The highest BCUT2D eigenvalue weighted by Gasteiger charge is 2.23. The third kappa shape index (κ3) is 5.53. The second kappa shape index (κ2) is 13.4. The summed E-state index contributed by atoms with van der Waals surface area (Å²) in [5.41, 5.74) is 14.0. The topological polar surface area (TPSA) is 8.17 Å². The van der Waals surface area contributed by atoms with Gasteiger partial charge >= 0.3 is 0 Å². The highest BCUT2D eigenvalue weighted by Crippen LogP contribution is 2.46. The number of fused-ring (bicyclic) bond motifs is 4. The number of benzene rings is 9. The first-order valence-electron chi connectivity index (χ1n) is 18.5. The van der Waals surface area contributed by atoms with Gasteiger partial charge in [0.1, 0.15) is 0 Å². The van der Waals surface area contributed by atoms with Gasteiger partial charge in [-0.25, -0.2) is 0 Å². The fourth-order valence-corrected chi connectivity index (χ4v) is 8.03. The number of hydrogen-bond acceptors (Lipinski definition) is 1. The average molecular weight is 689 g/mol. The predicted molar refractivity (Wildman–Crippen MR) is 229 cm³/mol. The summed E-state index contributed by atoms with van der Waals surface area (Å²) in [6.07, 6.45) is 0. The molecule has 0 saturated carbocycles. The second-order valence-electron chi connectivity index (χ2n) is 13.8. The Morgan fingerprint density at radius 3 is 1.74 bits per heavy atom. The Hall–Kier alpha value is -7.16. The number of rotatable bonds is 7. The van der Waals surface area contributed by atoms with Crippen LogP contribution in [0.25, 0.3) is 71.6 Å². The van der Waals surface area contributed by atoms with E-state index in [0.717, 1.165) is 28.3 Å². The number of nitrogens with zero attached hydrogens (tertiary/aromatic N) is 2. The van der Waals surface area contributed by atoms with Crippen LogP contribution in [-0.4, -0.2) is 4.57 Å². The van der Waals surface area contributed by atoms with E-state index < -0.39 is 0 Å². The van der Waals surface area contributed by atoms with Gasteiger partial charge in [0.05, 0.1) is 22.4 Å². The molecule has 0 radical (unpaired) electrons. The van der Waals surface area contributed by atoms with E-state index in [1.54, 1.807) is 0 Å². The molecule has 0 spiro atoms. The van der Waals surface area contributed by atoms with E-state index in [1.807, 2.05) is 0 Å². The first-order chi connectivity index (χ1) is 26.8. The summed E-state index contributed by atoms with van der Waals surface area (Å²) in [5, 5.41) is 4.91. The number of para-hydroxylation sites is 2. The van der Waals surface area contributed by atoms with Gasteiger partial charge in [0.25, 0.3) is 0 Å². The van der Waals surface area contributed by atoms with Gasteiger partial charge in [0.15, 0.2) is 0 Å². The van der Waals surface area contributed by atoms with Crippen LogP contribution in [0.15, 0.2) is 218 Å². The van der Waals surface area contributed by atoms with Gasteiger partial charge in [-0.1, -0.05) is 164 Å². The Morgan fingerprint density at radius 2 is 0.907 bits per heavy atom. The van der Waals surface area contributed by atoms with E-state index in [1.165, 1.54) is 60.4 Å². The van der Waals surface area contributed by atoms with Gasteiger partial charge in [-0.05, 0) is 93.2 Å². The first kappa shape index (κ1) is 31.6. The van der Waals surface area contributed by atoms with Crippen LogP contribution >= 0.6 is 0 Å². The molecule has 1 aromatic heterocycles. The standard InChI is InChI=1S/C52H36N2/c1-3-15-37(16-4-1)39-31-33-44(34-32-39)53(48-25-11-9-23-46(48)40-18-5-2-6-19-40)50-27-14-28-51-52(50)47-24-10-12-26-49(47)54(51)45-22-13-21-42(36-45)43-30-29-38-17-7-8-20-41(38)35-43/h1-36H. The molecule has 0 saturated heterocycles. The van der Waals surface area contributed by atoms with Crippen LogP contribution in [0.5, 0.6) is 0 Å². The van der Waals surface area contributed by atoms with Crippen molar-refractivity contribution in [3.05, 3.63) is 218 Å². The second-order valence-corrected chi connectivity index (χ2v) is 13.8. The van der Waals surface area contributed by atoms with Gasteiger partial charge in [-0.15, -0.1) is 0 Å². The monoisotopic (exact) mass is 688 g/mol. The van der Waals surface area contributed by atoms with Crippen LogP contribution in [-0.2, 0) is 0 Å². The molecule has 54 heavy (non-hydrogen) atoms. The number of hydrogen-bond donors (Lipinski definition) is 0. The number of anilines is 3. The lowest BCUT2D eigenvalue weighted by Crippen LogP contribution is -2.11. The molecule has 254 valence electrons. The fourth-order valence-electron chi connectivity index (χ4n) is 8.03. The van der Waals surface area contributed by atoms with E-state index in [4.69, 9.17) is 0 Å². The van der Waals surface area contributed by atoms with Crippen LogP contribution in [0.2, 0.25) is 0 Å². The smallest absolute Gasteiger partial charge is 0.0562 e. The zero-order valence-corrected chi connectivity index (χ0v) is 29.7. The van der Waals surface area contributed by atoms with Gasteiger partial charge in [0, 0.05) is 27.7 Å². The molecule has 0 aliphatic rings. The van der Waals surface area contributed by atoms with Crippen molar-refractivity contribution in [3.8, 4) is 39.1 Å². The molecule has 2 nitrogen and oxygen atoms in total. The van der Waals surface area contributed by atoms with Crippen molar-refractivity contribution >= 4 is 49.6 Å². The predicted octanol–water partition coefficient (Wildman–Crippen LogP) is 14.4. The summed E-state index contributed by atoms with van der Waals surface area (Å²) in [6, 6.07) is 78.9. The summed E-state index contributed by atoms with van der Waals surface area (Å²) in [7, 11) is 0. The molecule has 0 aliphatic heterocycles. The maximum absolute atomic E-state index is 2.45. The molecular formula is C52H36N2. The highest BCUT2D eigenvalue weighted by atomic mass is 15.1. The minimum Gasteiger partial charge on any atom is -0.309 e.